The molecule has 0 aliphatic rings. The van der Waals surface area contributed by atoms with Crippen LogP contribution in [0.1, 0.15) is 22.6 Å². The molecule has 3 heteroatoms. The van der Waals surface area contributed by atoms with E-state index in [2.05, 4.69) is 6.58 Å². The van der Waals surface area contributed by atoms with Crippen molar-refractivity contribution < 1.29 is 14.6 Å². The number of carboxylic acid groups (broad SMARTS) is 1. The molecule has 2 atom stereocenters. The number of carboxylic acids is 1. The van der Waals surface area contributed by atoms with Gasteiger partial charge in [-0.25, -0.2) is 0 Å². The fourth-order valence-corrected chi connectivity index (χ4v) is 2.53. The number of carbonyl (C=O) groups is 1. The number of hydrogen-bond acceptors (Lipinski definition) is 2. The summed E-state index contributed by atoms with van der Waals surface area (Å²) >= 11 is 0. The molecule has 23 heavy (non-hydrogen) atoms. The summed E-state index contributed by atoms with van der Waals surface area (Å²) in [6.07, 6.45) is 1.67. The van der Waals surface area contributed by atoms with Crippen molar-refractivity contribution in [3.63, 3.8) is 0 Å². The van der Waals surface area contributed by atoms with Gasteiger partial charge in [-0.2, -0.15) is 0 Å². The Balaban J connectivity index is 2.05. The van der Waals surface area contributed by atoms with Gasteiger partial charge in [0, 0.05) is 5.92 Å². The summed E-state index contributed by atoms with van der Waals surface area (Å²) in [6.45, 7) is 6.56. The standard InChI is InChI=1S/C20H22O3/c1-3-17(14-23-13-16-7-5-4-6-8-16)19(20(21)22)18-11-9-15(2)10-12-18/h3-12,17,19H,1,13-14H2,2H3,(H,21,22). The first-order chi connectivity index (χ1) is 11.1. The normalized spacial score (nSPS) is 13.3. The van der Waals surface area contributed by atoms with E-state index in [1.54, 1.807) is 6.08 Å². The largest absolute Gasteiger partial charge is 0.481 e. The van der Waals surface area contributed by atoms with Crippen LogP contribution >= 0.6 is 0 Å². The quantitative estimate of drug-likeness (QED) is 0.744. The molecule has 3 nitrogen and oxygen atoms in total. The van der Waals surface area contributed by atoms with Crippen molar-refractivity contribution in [2.45, 2.75) is 19.4 Å². The van der Waals surface area contributed by atoms with Crippen molar-refractivity contribution in [2.24, 2.45) is 5.92 Å². The van der Waals surface area contributed by atoms with Gasteiger partial charge in [-0.15, -0.1) is 6.58 Å². The van der Waals surface area contributed by atoms with Crippen LogP contribution in [0.2, 0.25) is 0 Å². The number of aliphatic carboxylic acids is 1. The predicted octanol–water partition coefficient (Wildman–Crippen LogP) is 4.18. The van der Waals surface area contributed by atoms with Crippen LogP contribution in [0.5, 0.6) is 0 Å². The minimum atomic E-state index is -0.859. The van der Waals surface area contributed by atoms with E-state index < -0.39 is 11.9 Å². The van der Waals surface area contributed by atoms with E-state index in [0.717, 1.165) is 16.7 Å². The Bertz CT molecular complexity index is 632. The fraction of sp³-hybridized carbons (Fsp3) is 0.250. The number of aryl methyl sites for hydroxylation is 1. The average molecular weight is 310 g/mol. The molecule has 0 amide bonds. The van der Waals surface area contributed by atoms with Crippen LogP contribution in [0.3, 0.4) is 0 Å². The summed E-state index contributed by atoms with van der Waals surface area (Å²) in [5.41, 5.74) is 2.95. The number of benzene rings is 2. The van der Waals surface area contributed by atoms with Crippen LogP contribution in [0, 0.1) is 12.8 Å². The molecule has 0 fully saturated rings. The Kier molecular flexibility index (Phi) is 6.12. The third-order valence-corrected chi connectivity index (χ3v) is 3.86. The molecule has 0 spiro atoms. The predicted molar refractivity (Wildman–Crippen MR) is 91.3 cm³/mol. The van der Waals surface area contributed by atoms with E-state index >= 15 is 0 Å². The zero-order valence-electron chi connectivity index (χ0n) is 13.3. The van der Waals surface area contributed by atoms with E-state index in [1.807, 2.05) is 61.5 Å². The van der Waals surface area contributed by atoms with Gasteiger partial charge in [0.15, 0.2) is 0 Å². The lowest BCUT2D eigenvalue weighted by molar-refractivity contribution is -0.140. The Morgan fingerprint density at radius 3 is 2.39 bits per heavy atom. The van der Waals surface area contributed by atoms with Gasteiger partial charge in [0.1, 0.15) is 0 Å². The lowest BCUT2D eigenvalue weighted by Gasteiger charge is -2.21. The van der Waals surface area contributed by atoms with Crippen molar-refractivity contribution in [2.75, 3.05) is 6.61 Å². The highest BCUT2D eigenvalue weighted by Crippen LogP contribution is 2.27. The molecular formula is C20H22O3. The first kappa shape index (κ1) is 17.0. The monoisotopic (exact) mass is 310 g/mol. The highest BCUT2D eigenvalue weighted by Gasteiger charge is 2.27. The smallest absolute Gasteiger partial charge is 0.311 e. The lowest BCUT2D eigenvalue weighted by atomic mass is 9.86. The Labute approximate surface area is 137 Å². The van der Waals surface area contributed by atoms with Crippen LogP contribution in [0.25, 0.3) is 0 Å². The van der Waals surface area contributed by atoms with Crippen molar-refractivity contribution >= 4 is 5.97 Å². The molecule has 2 rings (SSSR count). The summed E-state index contributed by atoms with van der Waals surface area (Å²) in [4.78, 5) is 11.7. The Hall–Kier alpha value is -2.39. The summed E-state index contributed by atoms with van der Waals surface area (Å²) in [5, 5.41) is 9.61. The molecule has 120 valence electrons. The van der Waals surface area contributed by atoms with Gasteiger partial charge in [0.05, 0.1) is 19.1 Å². The number of hydrogen-bond donors (Lipinski definition) is 1. The average Bonchev–Trinajstić information content (AvgIpc) is 2.56. The van der Waals surface area contributed by atoms with Crippen LogP contribution in [-0.4, -0.2) is 17.7 Å². The highest BCUT2D eigenvalue weighted by molar-refractivity contribution is 5.77. The summed E-state index contributed by atoms with van der Waals surface area (Å²) < 4.78 is 5.71. The zero-order valence-corrected chi connectivity index (χ0v) is 13.3. The number of ether oxygens (including phenoxy) is 1. The van der Waals surface area contributed by atoms with Gasteiger partial charge in [-0.3, -0.25) is 4.79 Å². The first-order valence-corrected chi connectivity index (χ1v) is 7.65. The van der Waals surface area contributed by atoms with Crippen molar-refractivity contribution in [3.8, 4) is 0 Å². The molecule has 0 bridgehead atoms. The lowest BCUT2D eigenvalue weighted by Crippen LogP contribution is -2.24. The molecule has 0 saturated carbocycles. The molecule has 0 radical (unpaired) electrons. The molecule has 2 aromatic rings. The number of rotatable bonds is 8. The molecule has 2 aromatic carbocycles. The van der Waals surface area contributed by atoms with Gasteiger partial charge in [0.2, 0.25) is 0 Å². The second kappa shape index (κ2) is 8.30. The van der Waals surface area contributed by atoms with Gasteiger partial charge in [0.25, 0.3) is 0 Å². The van der Waals surface area contributed by atoms with Crippen LogP contribution in [0.4, 0.5) is 0 Å². The molecule has 0 saturated heterocycles. The second-order valence-electron chi connectivity index (χ2n) is 5.63. The fourth-order valence-electron chi connectivity index (χ4n) is 2.53. The Morgan fingerprint density at radius 2 is 1.83 bits per heavy atom. The van der Waals surface area contributed by atoms with E-state index in [-0.39, 0.29) is 5.92 Å². The van der Waals surface area contributed by atoms with E-state index in [9.17, 15) is 9.90 Å². The molecule has 0 aromatic heterocycles. The summed E-state index contributed by atoms with van der Waals surface area (Å²) in [6, 6.07) is 17.4. The minimum absolute atomic E-state index is 0.279. The SMILES string of the molecule is C=CC(COCc1ccccc1)C(C(=O)O)c1ccc(C)cc1. The molecule has 0 aliphatic heterocycles. The maximum atomic E-state index is 11.7. The van der Waals surface area contributed by atoms with Crippen LogP contribution < -0.4 is 0 Å². The third kappa shape index (κ3) is 4.80. The highest BCUT2D eigenvalue weighted by atomic mass is 16.5. The molecule has 1 N–H and O–H groups in total. The van der Waals surface area contributed by atoms with Crippen molar-refractivity contribution in [1.29, 1.82) is 0 Å². The minimum Gasteiger partial charge on any atom is -0.481 e. The molecular weight excluding hydrogens is 288 g/mol. The van der Waals surface area contributed by atoms with Crippen LogP contribution in [0.15, 0.2) is 67.3 Å². The van der Waals surface area contributed by atoms with Crippen molar-refractivity contribution in [3.05, 3.63) is 83.9 Å². The van der Waals surface area contributed by atoms with Gasteiger partial charge < -0.3 is 9.84 Å². The summed E-state index contributed by atoms with van der Waals surface area (Å²) in [5.74, 6) is -1.79. The van der Waals surface area contributed by atoms with Crippen molar-refractivity contribution in [1.82, 2.24) is 0 Å². The Morgan fingerprint density at radius 1 is 1.17 bits per heavy atom. The van der Waals surface area contributed by atoms with E-state index in [4.69, 9.17) is 4.74 Å². The van der Waals surface area contributed by atoms with Gasteiger partial charge in [-0.1, -0.05) is 66.2 Å². The van der Waals surface area contributed by atoms with Crippen LogP contribution in [-0.2, 0) is 16.1 Å². The van der Waals surface area contributed by atoms with E-state index in [1.165, 1.54) is 0 Å². The maximum Gasteiger partial charge on any atom is 0.311 e. The van der Waals surface area contributed by atoms with Gasteiger partial charge >= 0.3 is 5.97 Å². The van der Waals surface area contributed by atoms with E-state index in [0.29, 0.717) is 13.2 Å². The first-order valence-electron chi connectivity index (χ1n) is 7.65. The maximum absolute atomic E-state index is 11.7. The summed E-state index contributed by atoms with van der Waals surface area (Å²) in [7, 11) is 0. The molecule has 0 heterocycles. The molecule has 0 aliphatic carbocycles. The zero-order chi connectivity index (χ0) is 16.7. The second-order valence-corrected chi connectivity index (χ2v) is 5.63. The molecule has 2 unspecified atom stereocenters. The van der Waals surface area contributed by atoms with Gasteiger partial charge in [-0.05, 0) is 18.1 Å². The third-order valence-electron chi connectivity index (χ3n) is 3.86. The topological polar surface area (TPSA) is 46.5 Å².